The first-order valence-electron chi connectivity index (χ1n) is 22.8. The first-order valence-corrected chi connectivity index (χ1v) is 23.6. The molecule has 0 spiro atoms. The number of carbonyl (C=O) groups is 3. The molecule has 2 aromatic carbocycles. The smallest absolute Gasteiger partial charge is 0.355 e. The van der Waals surface area contributed by atoms with Gasteiger partial charge in [-0.05, 0) is 137 Å². The fourth-order valence-corrected chi connectivity index (χ4v) is 13.6. The summed E-state index contributed by atoms with van der Waals surface area (Å²) in [6, 6.07) is 17.4. The summed E-state index contributed by atoms with van der Waals surface area (Å²) in [6.07, 6.45) is 9.64. The minimum Gasteiger partial charge on any atom is -0.476 e. The van der Waals surface area contributed by atoms with Crippen LogP contribution in [-0.2, 0) is 33.8 Å². The number of fused-ring (bicyclic) bond motifs is 2. The summed E-state index contributed by atoms with van der Waals surface area (Å²) in [5.41, 5.74) is 5.08. The van der Waals surface area contributed by atoms with Gasteiger partial charge in [0.2, 0.25) is 0 Å². The Kier molecular flexibility index (Phi) is 11.5. The zero-order valence-electron chi connectivity index (χ0n) is 38.0. The number of para-hydroxylation sites is 1. The van der Waals surface area contributed by atoms with E-state index in [0.717, 1.165) is 71.2 Å². The number of nitrogens with zero attached hydrogens (tertiary/aromatic N) is 5. The molecule has 5 aromatic rings. The second-order valence-electron chi connectivity index (χ2n) is 20.9. The molecule has 4 fully saturated rings. The third-order valence-corrected chi connectivity index (χ3v) is 14.7. The fourth-order valence-electron chi connectivity index (χ4n) is 12.7. The zero-order valence-corrected chi connectivity index (χ0v) is 38.8. The highest BCUT2D eigenvalue weighted by atomic mass is 32.1. The van der Waals surface area contributed by atoms with Gasteiger partial charge in [-0.3, -0.25) is 19.6 Å². The third kappa shape index (κ3) is 8.93. The van der Waals surface area contributed by atoms with Crippen molar-refractivity contribution in [3.05, 3.63) is 88.9 Å². The molecule has 4 aliphatic carbocycles. The zero-order chi connectivity index (χ0) is 45.1. The van der Waals surface area contributed by atoms with E-state index in [-0.39, 0.29) is 39.4 Å². The number of carbonyl (C=O) groups excluding carboxylic acids is 2. The first-order chi connectivity index (χ1) is 30.4. The standard InChI is InChI=1S/C50H61N7O6S/c1-32-40(35-14-10-20-52-41(35)44(60)61)42(56-22-18-33-12-9-13-34(36(33)24-56)43(59)54-45-53-37-15-7-8-16-38(37)64-45)55-57(32)31-49-26-47(5)25-48(6,27-49)29-50(28-47,30-49)62-23-21-51-19-11-17-39(58)63-46(2,3)4/h7-10,12-16,20,51H,11,17-19,21-31H2,1-6H3,(H,60,61)(H,53,54,59). The average Bonchev–Trinajstić information content (AvgIpc) is 3.77. The predicted octanol–water partition coefficient (Wildman–Crippen LogP) is 9.22. The molecule has 64 heavy (non-hydrogen) atoms. The highest BCUT2D eigenvalue weighted by molar-refractivity contribution is 7.22. The number of amides is 1. The Morgan fingerprint density at radius 1 is 0.938 bits per heavy atom. The van der Waals surface area contributed by atoms with Gasteiger partial charge in [0, 0.05) is 61.2 Å². The van der Waals surface area contributed by atoms with Gasteiger partial charge in [0.1, 0.15) is 5.60 Å². The lowest BCUT2D eigenvalue weighted by Gasteiger charge is -2.69. The van der Waals surface area contributed by atoms with Crippen molar-refractivity contribution in [1.82, 2.24) is 25.1 Å². The van der Waals surface area contributed by atoms with Gasteiger partial charge in [0.25, 0.3) is 5.91 Å². The lowest BCUT2D eigenvalue weighted by molar-refractivity contribution is -0.247. The van der Waals surface area contributed by atoms with E-state index in [1.54, 1.807) is 6.07 Å². The molecule has 2 unspecified atom stereocenters. The number of hydrogen-bond acceptors (Lipinski definition) is 11. The van der Waals surface area contributed by atoms with E-state index in [4.69, 9.17) is 14.6 Å². The molecule has 5 aliphatic rings. The molecule has 10 rings (SSSR count). The van der Waals surface area contributed by atoms with Crippen LogP contribution in [0.4, 0.5) is 10.9 Å². The summed E-state index contributed by atoms with van der Waals surface area (Å²) in [5.74, 6) is -0.776. The number of hydrogen-bond donors (Lipinski definition) is 3. The molecule has 3 aromatic heterocycles. The largest absolute Gasteiger partial charge is 0.476 e. The highest BCUT2D eigenvalue weighted by Crippen LogP contribution is 2.72. The number of nitrogens with one attached hydrogen (secondary N) is 2. The van der Waals surface area contributed by atoms with E-state index >= 15 is 0 Å². The van der Waals surface area contributed by atoms with Crippen molar-refractivity contribution >= 4 is 50.3 Å². The maximum absolute atomic E-state index is 14.0. The molecule has 13 nitrogen and oxygen atoms in total. The van der Waals surface area contributed by atoms with Crippen molar-refractivity contribution in [2.75, 3.05) is 36.5 Å². The van der Waals surface area contributed by atoms with Crippen molar-refractivity contribution in [3.8, 4) is 11.1 Å². The molecule has 338 valence electrons. The van der Waals surface area contributed by atoms with Crippen LogP contribution in [0.1, 0.15) is 124 Å². The number of aromatic carboxylic acids is 1. The van der Waals surface area contributed by atoms with Crippen molar-refractivity contribution in [3.63, 3.8) is 0 Å². The van der Waals surface area contributed by atoms with E-state index in [0.29, 0.717) is 74.1 Å². The molecule has 1 amide bonds. The second-order valence-corrected chi connectivity index (χ2v) is 21.9. The van der Waals surface area contributed by atoms with E-state index in [1.165, 1.54) is 24.0 Å². The number of pyridine rings is 1. The molecule has 1 aliphatic heterocycles. The van der Waals surface area contributed by atoms with Gasteiger partial charge in [-0.2, -0.15) is 5.10 Å². The molecule has 2 atom stereocenters. The van der Waals surface area contributed by atoms with E-state index in [1.807, 2.05) is 63.2 Å². The lowest BCUT2D eigenvalue weighted by atomic mass is 9.39. The molecule has 0 saturated heterocycles. The Morgan fingerprint density at radius 3 is 2.47 bits per heavy atom. The van der Waals surface area contributed by atoms with Crippen LogP contribution in [0.25, 0.3) is 21.3 Å². The van der Waals surface area contributed by atoms with Crippen molar-refractivity contribution in [2.45, 2.75) is 124 Å². The van der Waals surface area contributed by atoms with Gasteiger partial charge in [-0.25, -0.2) is 14.8 Å². The van der Waals surface area contributed by atoms with Crippen LogP contribution in [0.5, 0.6) is 0 Å². The summed E-state index contributed by atoms with van der Waals surface area (Å²) in [6.45, 7) is 16.4. The fraction of sp³-hybridized carbons (Fsp3) is 0.520. The van der Waals surface area contributed by atoms with E-state index < -0.39 is 11.6 Å². The van der Waals surface area contributed by atoms with Crippen molar-refractivity contribution in [1.29, 1.82) is 0 Å². The number of ether oxygens (including phenoxy) is 2. The number of aromatic nitrogens is 4. The number of benzene rings is 2. The van der Waals surface area contributed by atoms with Crippen LogP contribution in [0.3, 0.4) is 0 Å². The monoisotopic (exact) mass is 887 g/mol. The Labute approximate surface area is 379 Å². The first kappa shape index (κ1) is 44.0. The number of rotatable bonds is 15. The number of carboxylic acid groups (broad SMARTS) is 1. The molecular formula is C50H61N7O6S. The van der Waals surface area contributed by atoms with Crippen LogP contribution in [0, 0.1) is 23.2 Å². The highest BCUT2D eigenvalue weighted by Gasteiger charge is 2.66. The van der Waals surface area contributed by atoms with Gasteiger partial charge >= 0.3 is 11.9 Å². The minimum atomic E-state index is -1.09. The van der Waals surface area contributed by atoms with Crippen molar-refractivity contribution < 1.29 is 29.0 Å². The molecule has 4 saturated carbocycles. The van der Waals surface area contributed by atoms with Gasteiger partial charge in [-0.15, -0.1) is 0 Å². The molecular weight excluding hydrogens is 827 g/mol. The maximum atomic E-state index is 14.0. The third-order valence-electron chi connectivity index (χ3n) is 13.8. The van der Waals surface area contributed by atoms with Crippen LogP contribution >= 0.6 is 11.3 Å². The Bertz CT molecular complexity index is 2560. The normalized spacial score (nSPS) is 24.8. The van der Waals surface area contributed by atoms with Gasteiger partial charge in [0.15, 0.2) is 16.6 Å². The summed E-state index contributed by atoms with van der Waals surface area (Å²) < 4.78 is 15.6. The van der Waals surface area contributed by atoms with Crippen LogP contribution in [0.2, 0.25) is 0 Å². The molecule has 3 N–H and O–H groups in total. The summed E-state index contributed by atoms with van der Waals surface area (Å²) in [5, 5.41) is 23.0. The number of anilines is 2. The predicted molar refractivity (Wildman–Crippen MR) is 249 cm³/mol. The van der Waals surface area contributed by atoms with Gasteiger partial charge in [-0.1, -0.05) is 55.5 Å². The van der Waals surface area contributed by atoms with Gasteiger partial charge < -0.3 is 24.8 Å². The summed E-state index contributed by atoms with van der Waals surface area (Å²) in [7, 11) is 0. The molecule has 0 radical (unpaired) electrons. The topological polar surface area (TPSA) is 161 Å². The second kappa shape index (κ2) is 16.7. The summed E-state index contributed by atoms with van der Waals surface area (Å²) in [4.78, 5) is 50.1. The SMILES string of the molecule is Cc1c(-c2cccnc2C(=O)O)c(N2CCc3cccc(C(=O)Nc4nc5ccccc5s4)c3C2)nn1CC12CC3(C)CC(C)(C1)CC(OCCNCCCC(=O)OC(C)(C)C)(C3)C2. The van der Waals surface area contributed by atoms with Crippen molar-refractivity contribution in [2.24, 2.45) is 16.2 Å². The Hall–Kier alpha value is -5.18. The van der Waals surface area contributed by atoms with Gasteiger partial charge in [0.05, 0.1) is 22.4 Å². The summed E-state index contributed by atoms with van der Waals surface area (Å²) >= 11 is 1.45. The van der Waals surface area contributed by atoms with E-state index in [2.05, 4.69) is 57.0 Å². The average molecular weight is 888 g/mol. The lowest BCUT2D eigenvalue weighted by Crippen LogP contribution is -2.64. The maximum Gasteiger partial charge on any atom is 0.355 e. The molecule has 4 heterocycles. The van der Waals surface area contributed by atoms with Crippen LogP contribution < -0.4 is 15.5 Å². The minimum absolute atomic E-state index is 0.0136. The number of esters is 1. The Morgan fingerprint density at radius 2 is 1.72 bits per heavy atom. The quantitative estimate of drug-likeness (QED) is 0.0679. The number of thiazole rings is 1. The van der Waals surface area contributed by atoms with Crippen LogP contribution in [0.15, 0.2) is 60.8 Å². The number of carboxylic acids is 1. The van der Waals surface area contributed by atoms with Crippen LogP contribution in [-0.4, -0.2) is 80.1 Å². The molecule has 4 bridgehead atoms. The van der Waals surface area contributed by atoms with E-state index in [9.17, 15) is 19.5 Å². The molecule has 14 heteroatoms. The Balaban J connectivity index is 0.979.